The van der Waals surface area contributed by atoms with Crippen molar-refractivity contribution in [3.63, 3.8) is 0 Å². The van der Waals surface area contributed by atoms with E-state index in [4.69, 9.17) is 0 Å². The molecule has 1 aromatic heterocycles. The molecular formula is C10H7F5N2. The van der Waals surface area contributed by atoms with Gasteiger partial charge in [-0.3, -0.25) is 0 Å². The van der Waals surface area contributed by atoms with Gasteiger partial charge in [0.2, 0.25) is 0 Å². The van der Waals surface area contributed by atoms with Gasteiger partial charge in [0.25, 0.3) is 0 Å². The number of imidazole rings is 1. The lowest BCUT2D eigenvalue weighted by Crippen LogP contribution is -2.11. The van der Waals surface area contributed by atoms with Crippen LogP contribution in [0.1, 0.15) is 6.42 Å². The third-order valence-electron chi connectivity index (χ3n) is 2.30. The summed E-state index contributed by atoms with van der Waals surface area (Å²) in [5.74, 6) is -2.18. The quantitative estimate of drug-likeness (QED) is 0.748. The third-order valence-corrected chi connectivity index (χ3v) is 2.30. The Balaban J connectivity index is 2.33. The summed E-state index contributed by atoms with van der Waals surface area (Å²) in [4.78, 5) is 3.71. The summed E-state index contributed by atoms with van der Waals surface area (Å²) >= 11 is 0. The molecule has 0 saturated heterocycles. The Kier molecular flexibility index (Phi) is 2.76. The van der Waals surface area contributed by atoms with Crippen molar-refractivity contribution < 1.29 is 22.0 Å². The molecule has 0 unspecified atom stereocenters. The van der Waals surface area contributed by atoms with Gasteiger partial charge in [-0.05, 0) is 0 Å². The topological polar surface area (TPSA) is 17.8 Å². The van der Waals surface area contributed by atoms with Crippen molar-refractivity contribution in [3.05, 3.63) is 30.1 Å². The lowest BCUT2D eigenvalue weighted by Gasteiger charge is -2.07. The molecular weight excluding hydrogens is 243 g/mol. The van der Waals surface area contributed by atoms with E-state index < -0.39 is 24.2 Å². The molecule has 0 atom stereocenters. The van der Waals surface area contributed by atoms with Crippen molar-refractivity contribution in [2.75, 3.05) is 0 Å². The Hall–Kier alpha value is -1.66. The van der Waals surface area contributed by atoms with Gasteiger partial charge < -0.3 is 4.57 Å². The van der Waals surface area contributed by atoms with Crippen LogP contribution in [0.3, 0.4) is 0 Å². The molecule has 0 aliphatic rings. The zero-order valence-electron chi connectivity index (χ0n) is 8.43. The average molecular weight is 250 g/mol. The van der Waals surface area contributed by atoms with Gasteiger partial charge in [0.15, 0.2) is 11.6 Å². The number of aromatic nitrogens is 2. The number of nitrogens with zero attached hydrogens (tertiary/aromatic N) is 2. The van der Waals surface area contributed by atoms with Crippen LogP contribution >= 0.6 is 0 Å². The van der Waals surface area contributed by atoms with Gasteiger partial charge >= 0.3 is 6.18 Å². The molecule has 0 N–H and O–H groups in total. The van der Waals surface area contributed by atoms with Gasteiger partial charge in [0.1, 0.15) is 0 Å². The van der Waals surface area contributed by atoms with Crippen LogP contribution in [0.4, 0.5) is 22.0 Å². The molecule has 0 aliphatic carbocycles. The Bertz CT molecular complexity index is 543. The number of aryl methyl sites for hydroxylation is 1. The van der Waals surface area contributed by atoms with E-state index in [1.807, 2.05) is 0 Å². The maximum Gasteiger partial charge on any atom is 0.390 e. The molecule has 1 aromatic carbocycles. The lowest BCUT2D eigenvalue weighted by molar-refractivity contribution is -0.136. The maximum absolute atomic E-state index is 12.9. The monoisotopic (exact) mass is 250 g/mol. The summed E-state index contributed by atoms with van der Waals surface area (Å²) in [5.41, 5.74) is 0.277. The number of alkyl halides is 3. The van der Waals surface area contributed by atoms with E-state index in [-0.39, 0.29) is 17.6 Å². The van der Waals surface area contributed by atoms with E-state index in [0.717, 1.165) is 23.0 Å². The predicted octanol–water partition coefficient (Wildman–Crippen LogP) is 3.27. The van der Waals surface area contributed by atoms with Crippen LogP contribution in [-0.4, -0.2) is 15.7 Å². The SMILES string of the molecule is Fc1cc2ncn(CCC(F)(F)F)c2cc1F. The van der Waals surface area contributed by atoms with Crippen molar-refractivity contribution in [2.45, 2.75) is 19.1 Å². The van der Waals surface area contributed by atoms with Crippen molar-refractivity contribution in [1.29, 1.82) is 0 Å². The third kappa shape index (κ3) is 2.54. The van der Waals surface area contributed by atoms with Crippen molar-refractivity contribution in [2.24, 2.45) is 0 Å². The summed E-state index contributed by atoms with van der Waals surface area (Å²) in [6.45, 7) is -0.370. The first kappa shape index (κ1) is 11.8. The van der Waals surface area contributed by atoms with Gasteiger partial charge in [-0.1, -0.05) is 0 Å². The molecule has 0 saturated carbocycles. The van der Waals surface area contributed by atoms with E-state index >= 15 is 0 Å². The summed E-state index contributed by atoms with van der Waals surface area (Å²) in [6.07, 6.45) is -4.21. The second-order valence-electron chi connectivity index (χ2n) is 3.56. The van der Waals surface area contributed by atoms with E-state index in [1.54, 1.807) is 0 Å². The van der Waals surface area contributed by atoms with Gasteiger partial charge in [0, 0.05) is 18.7 Å². The second kappa shape index (κ2) is 3.97. The largest absolute Gasteiger partial charge is 0.390 e. The second-order valence-corrected chi connectivity index (χ2v) is 3.56. The highest BCUT2D eigenvalue weighted by atomic mass is 19.4. The molecule has 0 radical (unpaired) electrons. The first-order valence-corrected chi connectivity index (χ1v) is 4.73. The Morgan fingerprint density at radius 3 is 2.41 bits per heavy atom. The average Bonchev–Trinajstić information content (AvgIpc) is 2.57. The minimum absolute atomic E-state index is 0.131. The summed E-state index contributed by atoms with van der Waals surface area (Å²) in [6, 6.07) is 1.70. The van der Waals surface area contributed by atoms with Crippen LogP contribution in [0, 0.1) is 11.6 Å². The molecule has 17 heavy (non-hydrogen) atoms. The lowest BCUT2D eigenvalue weighted by atomic mass is 10.3. The smallest absolute Gasteiger partial charge is 0.330 e. The Morgan fingerprint density at radius 2 is 1.76 bits per heavy atom. The molecule has 92 valence electrons. The number of rotatable bonds is 2. The molecule has 0 spiro atoms. The fourth-order valence-electron chi connectivity index (χ4n) is 1.48. The zero-order chi connectivity index (χ0) is 12.6. The number of fused-ring (bicyclic) bond motifs is 1. The van der Waals surface area contributed by atoms with Crippen LogP contribution in [0.25, 0.3) is 11.0 Å². The van der Waals surface area contributed by atoms with Gasteiger partial charge in [-0.2, -0.15) is 13.2 Å². The standard InChI is InChI=1S/C10H7F5N2/c11-6-3-8-9(4-7(6)12)17(5-16-8)2-1-10(13,14)15/h3-5H,1-2H2. The fraction of sp³-hybridized carbons (Fsp3) is 0.300. The van der Waals surface area contributed by atoms with Crippen molar-refractivity contribution >= 4 is 11.0 Å². The van der Waals surface area contributed by atoms with E-state index in [9.17, 15) is 22.0 Å². The molecule has 0 amide bonds. The highest BCUT2D eigenvalue weighted by molar-refractivity contribution is 5.75. The van der Waals surface area contributed by atoms with Crippen LogP contribution in [0.5, 0.6) is 0 Å². The highest BCUT2D eigenvalue weighted by Gasteiger charge is 2.26. The minimum Gasteiger partial charge on any atom is -0.330 e. The zero-order valence-corrected chi connectivity index (χ0v) is 8.43. The molecule has 1 heterocycles. The van der Waals surface area contributed by atoms with Crippen LogP contribution in [0.2, 0.25) is 0 Å². The molecule has 0 aliphatic heterocycles. The summed E-state index contributed by atoms with van der Waals surface area (Å²) in [5, 5.41) is 0. The minimum atomic E-state index is -4.30. The van der Waals surface area contributed by atoms with Crippen LogP contribution in [0.15, 0.2) is 18.5 Å². The summed E-state index contributed by atoms with van der Waals surface area (Å²) < 4.78 is 63.0. The summed E-state index contributed by atoms with van der Waals surface area (Å²) in [7, 11) is 0. The molecule has 2 nitrogen and oxygen atoms in total. The molecule has 0 fully saturated rings. The van der Waals surface area contributed by atoms with Crippen LogP contribution in [-0.2, 0) is 6.54 Å². The number of halogens is 5. The molecule has 0 bridgehead atoms. The number of hydrogen-bond donors (Lipinski definition) is 0. The Morgan fingerprint density at radius 1 is 1.12 bits per heavy atom. The van der Waals surface area contributed by atoms with E-state index in [2.05, 4.69) is 4.98 Å². The van der Waals surface area contributed by atoms with Gasteiger partial charge in [-0.25, -0.2) is 13.8 Å². The van der Waals surface area contributed by atoms with Crippen molar-refractivity contribution in [1.82, 2.24) is 9.55 Å². The normalized spacial score (nSPS) is 12.3. The molecule has 2 aromatic rings. The van der Waals surface area contributed by atoms with E-state index in [1.165, 1.54) is 0 Å². The fourth-order valence-corrected chi connectivity index (χ4v) is 1.48. The highest BCUT2D eigenvalue weighted by Crippen LogP contribution is 2.23. The molecule has 2 rings (SSSR count). The predicted molar refractivity (Wildman–Crippen MR) is 50.3 cm³/mol. The molecule has 7 heteroatoms. The van der Waals surface area contributed by atoms with Crippen LogP contribution < -0.4 is 0 Å². The maximum atomic E-state index is 12.9. The first-order chi connectivity index (χ1) is 7.87. The van der Waals surface area contributed by atoms with Gasteiger partial charge in [-0.15, -0.1) is 0 Å². The van der Waals surface area contributed by atoms with Crippen molar-refractivity contribution in [3.8, 4) is 0 Å². The van der Waals surface area contributed by atoms with E-state index in [0.29, 0.717) is 0 Å². The Labute approximate surface area is 92.7 Å². The number of hydrogen-bond acceptors (Lipinski definition) is 1. The first-order valence-electron chi connectivity index (χ1n) is 4.73. The number of benzene rings is 1. The van der Waals surface area contributed by atoms with Gasteiger partial charge in [0.05, 0.1) is 23.8 Å².